The van der Waals surface area contributed by atoms with Crippen molar-refractivity contribution in [1.82, 2.24) is 10.2 Å². The van der Waals surface area contributed by atoms with Gasteiger partial charge < -0.3 is 13.9 Å². The Morgan fingerprint density at radius 2 is 2.10 bits per heavy atom. The second kappa shape index (κ2) is 6.51. The Morgan fingerprint density at radius 1 is 1.35 bits per heavy atom. The number of halogens is 1. The van der Waals surface area contributed by atoms with Crippen molar-refractivity contribution in [3.05, 3.63) is 40.0 Å². The van der Waals surface area contributed by atoms with E-state index in [4.69, 9.17) is 13.9 Å². The molecule has 1 aromatic heterocycles. The SMILES string of the molecule is CCc1nnc(COC(=O)c2ccc(OC)c(Br)c2)o1. The van der Waals surface area contributed by atoms with Crippen molar-refractivity contribution in [2.45, 2.75) is 20.0 Å². The Morgan fingerprint density at radius 3 is 2.70 bits per heavy atom. The van der Waals surface area contributed by atoms with Crippen LogP contribution in [-0.4, -0.2) is 23.3 Å². The van der Waals surface area contributed by atoms with Crippen molar-refractivity contribution in [3.8, 4) is 5.75 Å². The van der Waals surface area contributed by atoms with E-state index in [9.17, 15) is 4.79 Å². The topological polar surface area (TPSA) is 74.5 Å². The summed E-state index contributed by atoms with van der Waals surface area (Å²) in [7, 11) is 1.55. The van der Waals surface area contributed by atoms with Gasteiger partial charge in [0.1, 0.15) is 5.75 Å². The molecule has 20 heavy (non-hydrogen) atoms. The number of carbonyl (C=O) groups excluding carboxylic acids is 1. The van der Waals surface area contributed by atoms with Crippen molar-refractivity contribution < 1.29 is 18.7 Å². The van der Waals surface area contributed by atoms with Gasteiger partial charge in [-0.25, -0.2) is 4.79 Å². The lowest BCUT2D eigenvalue weighted by atomic mass is 10.2. The first kappa shape index (κ1) is 14.5. The molecule has 2 rings (SSSR count). The Bertz CT molecular complexity index is 612. The van der Waals surface area contributed by atoms with Crippen molar-refractivity contribution in [1.29, 1.82) is 0 Å². The van der Waals surface area contributed by atoms with Crippen molar-refractivity contribution in [2.24, 2.45) is 0 Å². The average molecular weight is 341 g/mol. The zero-order chi connectivity index (χ0) is 14.5. The summed E-state index contributed by atoms with van der Waals surface area (Å²) >= 11 is 3.31. The first-order valence-electron chi connectivity index (χ1n) is 5.96. The predicted octanol–water partition coefficient (Wildman–Crippen LogP) is 2.76. The third kappa shape index (κ3) is 3.36. The van der Waals surface area contributed by atoms with Crippen molar-refractivity contribution >= 4 is 21.9 Å². The number of hydrogen-bond acceptors (Lipinski definition) is 6. The number of hydrogen-bond donors (Lipinski definition) is 0. The zero-order valence-corrected chi connectivity index (χ0v) is 12.6. The van der Waals surface area contributed by atoms with Crippen LogP contribution in [0.3, 0.4) is 0 Å². The molecule has 0 saturated carbocycles. The second-order valence-corrected chi connectivity index (χ2v) is 4.72. The lowest BCUT2D eigenvalue weighted by molar-refractivity contribution is 0.0436. The van der Waals surface area contributed by atoms with Gasteiger partial charge in [-0.2, -0.15) is 0 Å². The van der Waals surface area contributed by atoms with Crippen LogP contribution in [0, 0.1) is 0 Å². The maximum atomic E-state index is 11.9. The fraction of sp³-hybridized carbons (Fsp3) is 0.308. The van der Waals surface area contributed by atoms with E-state index in [1.807, 2.05) is 6.92 Å². The van der Waals surface area contributed by atoms with Crippen LogP contribution in [0.4, 0.5) is 0 Å². The second-order valence-electron chi connectivity index (χ2n) is 3.87. The van der Waals surface area contributed by atoms with Gasteiger partial charge in [0.05, 0.1) is 17.1 Å². The molecular formula is C13H13BrN2O4. The standard InChI is InChI=1S/C13H13BrN2O4/c1-3-11-15-16-12(20-11)7-19-13(17)8-4-5-10(18-2)9(14)6-8/h4-6H,3,7H2,1-2H3. The first-order chi connectivity index (χ1) is 9.63. The molecule has 0 unspecified atom stereocenters. The Labute approximate surface area is 124 Å². The summed E-state index contributed by atoms with van der Waals surface area (Å²) in [4.78, 5) is 11.9. The highest BCUT2D eigenvalue weighted by atomic mass is 79.9. The van der Waals surface area contributed by atoms with Crippen LogP contribution in [0.2, 0.25) is 0 Å². The summed E-state index contributed by atoms with van der Waals surface area (Å²) in [6.45, 7) is 1.85. The highest BCUT2D eigenvalue weighted by Crippen LogP contribution is 2.25. The van der Waals surface area contributed by atoms with E-state index in [1.165, 1.54) is 0 Å². The number of carbonyl (C=O) groups is 1. The Hall–Kier alpha value is -1.89. The fourth-order valence-electron chi connectivity index (χ4n) is 1.49. The van der Waals surface area contributed by atoms with Crippen LogP contribution in [-0.2, 0) is 17.8 Å². The van der Waals surface area contributed by atoms with E-state index in [1.54, 1.807) is 25.3 Å². The first-order valence-corrected chi connectivity index (χ1v) is 6.75. The van der Waals surface area contributed by atoms with Crippen LogP contribution >= 0.6 is 15.9 Å². The summed E-state index contributed by atoms with van der Waals surface area (Å²) in [5.74, 6) is 0.974. The summed E-state index contributed by atoms with van der Waals surface area (Å²) in [5, 5.41) is 7.56. The van der Waals surface area contributed by atoms with Gasteiger partial charge in [-0.05, 0) is 34.1 Å². The summed E-state index contributed by atoms with van der Waals surface area (Å²) in [6.07, 6.45) is 0.645. The van der Waals surface area contributed by atoms with E-state index < -0.39 is 5.97 Å². The molecule has 0 bridgehead atoms. The molecule has 6 nitrogen and oxygen atoms in total. The number of esters is 1. The quantitative estimate of drug-likeness (QED) is 0.779. The van der Waals surface area contributed by atoms with Crippen LogP contribution in [0.1, 0.15) is 29.1 Å². The lowest BCUT2D eigenvalue weighted by Crippen LogP contribution is -2.05. The molecule has 0 atom stereocenters. The Kier molecular flexibility index (Phi) is 4.73. The molecule has 106 valence electrons. The van der Waals surface area contributed by atoms with Gasteiger partial charge in [-0.15, -0.1) is 10.2 Å². The highest BCUT2D eigenvalue weighted by Gasteiger charge is 2.12. The molecule has 0 saturated heterocycles. The average Bonchev–Trinajstić information content (AvgIpc) is 2.92. The molecule has 1 aromatic carbocycles. The third-order valence-electron chi connectivity index (χ3n) is 2.53. The summed E-state index contributed by atoms with van der Waals surface area (Å²) < 4.78 is 16.1. The molecule has 1 heterocycles. The number of aromatic nitrogens is 2. The molecule has 0 fully saturated rings. The molecule has 0 N–H and O–H groups in total. The monoisotopic (exact) mass is 340 g/mol. The molecule has 0 aliphatic heterocycles. The maximum Gasteiger partial charge on any atom is 0.338 e. The minimum atomic E-state index is -0.468. The van der Waals surface area contributed by atoms with E-state index in [0.717, 1.165) is 0 Å². The molecule has 7 heteroatoms. The van der Waals surface area contributed by atoms with Crippen LogP contribution in [0.15, 0.2) is 27.1 Å². The van der Waals surface area contributed by atoms with E-state index >= 15 is 0 Å². The molecular weight excluding hydrogens is 328 g/mol. The van der Waals surface area contributed by atoms with E-state index in [-0.39, 0.29) is 12.5 Å². The highest BCUT2D eigenvalue weighted by molar-refractivity contribution is 9.10. The third-order valence-corrected chi connectivity index (χ3v) is 3.15. The largest absolute Gasteiger partial charge is 0.496 e. The van der Waals surface area contributed by atoms with E-state index in [2.05, 4.69) is 26.1 Å². The summed E-state index contributed by atoms with van der Waals surface area (Å²) in [6, 6.07) is 4.94. The van der Waals surface area contributed by atoms with Gasteiger partial charge in [0.2, 0.25) is 5.89 Å². The molecule has 2 aromatic rings. The van der Waals surface area contributed by atoms with Gasteiger partial charge in [0.15, 0.2) is 6.61 Å². The molecule has 0 aliphatic rings. The van der Waals surface area contributed by atoms with Crippen LogP contribution < -0.4 is 4.74 Å². The van der Waals surface area contributed by atoms with Gasteiger partial charge >= 0.3 is 5.97 Å². The van der Waals surface area contributed by atoms with Crippen LogP contribution in [0.25, 0.3) is 0 Å². The summed E-state index contributed by atoms with van der Waals surface area (Å²) in [5.41, 5.74) is 0.410. The molecule has 0 spiro atoms. The lowest BCUT2D eigenvalue weighted by Gasteiger charge is -2.06. The molecule has 0 aliphatic carbocycles. The smallest absolute Gasteiger partial charge is 0.338 e. The molecule has 0 amide bonds. The normalized spacial score (nSPS) is 10.3. The van der Waals surface area contributed by atoms with Gasteiger partial charge in [-0.3, -0.25) is 0 Å². The van der Waals surface area contributed by atoms with Gasteiger partial charge in [0.25, 0.3) is 5.89 Å². The van der Waals surface area contributed by atoms with Gasteiger partial charge in [0, 0.05) is 6.42 Å². The number of methoxy groups -OCH3 is 1. The number of ether oxygens (including phenoxy) is 2. The van der Waals surface area contributed by atoms with Gasteiger partial charge in [-0.1, -0.05) is 6.92 Å². The Balaban J connectivity index is 1.99. The van der Waals surface area contributed by atoms with E-state index in [0.29, 0.717) is 28.1 Å². The number of benzene rings is 1. The van der Waals surface area contributed by atoms with Crippen molar-refractivity contribution in [3.63, 3.8) is 0 Å². The zero-order valence-electron chi connectivity index (χ0n) is 11.1. The fourth-order valence-corrected chi connectivity index (χ4v) is 2.03. The molecule has 0 radical (unpaired) electrons. The maximum absolute atomic E-state index is 11.9. The minimum absolute atomic E-state index is 0.0461. The number of nitrogens with zero attached hydrogens (tertiary/aromatic N) is 2. The predicted molar refractivity (Wildman–Crippen MR) is 73.5 cm³/mol. The number of rotatable bonds is 5. The van der Waals surface area contributed by atoms with Crippen molar-refractivity contribution in [2.75, 3.05) is 7.11 Å². The minimum Gasteiger partial charge on any atom is -0.496 e. The number of aryl methyl sites for hydroxylation is 1. The van der Waals surface area contributed by atoms with Crippen LogP contribution in [0.5, 0.6) is 5.75 Å².